The van der Waals surface area contributed by atoms with Crippen molar-refractivity contribution in [3.8, 4) is 0 Å². The number of hydrogen-bond donors (Lipinski definition) is 0. The van der Waals surface area contributed by atoms with Gasteiger partial charge in [-0.15, -0.1) is 11.6 Å². The summed E-state index contributed by atoms with van der Waals surface area (Å²) in [6.07, 6.45) is 1.84. The van der Waals surface area contributed by atoms with Crippen LogP contribution >= 0.6 is 11.6 Å². The summed E-state index contributed by atoms with van der Waals surface area (Å²) in [6, 6.07) is 9.42. The minimum Gasteiger partial charge on any atom is -0.361 e. The van der Waals surface area contributed by atoms with E-state index in [0.717, 1.165) is 36.3 Å². The van der Waals surface area contributed by atoms with Crippen molar-refractivity contribution < 1.29 is 4.74 Å². The summed E-state index contributed by atoms with van der Waals surface area (Å²) in [6.45, 7) is 8.53. The van der Waals surface area contributed by atoms with E-state index in [1.54, 1.807) is 0 Å². The van der Waals surface area contributed by atoms with Gasteiger partial charge in [0.25, 0.3) is 0 Å². The minimum atomic E-state index is -1.03. The molecule has 0 unspecified atom stereocenters. The Kier molecular flexibility index (Phi) is 5.85. The lowest BCUT2D eigenvalue weighted by Crippen LogP contribution is -2.22. The molecule has 1 aromatic heterocycles. The van der Waals surface area contributed by atoms with E-state index in [9.17, 15) is 0 Å². The summed E-state index contributed by atoms with van der Waals surface area (Å²) < 4.78 is 8.09. The average Bonchev–Trinajstić information content (AvgIpc) is 2.78. The van der Waals surface area contributed by atoms with Crippen LogP contribution in [-0.4, -0.2) is 30.1 Å². The van der Waals surface area contributed by atoms with Crippen molar-refractivity contribution >= 4 is 30.7 Å². The third-order valence-corrected chi connectivity index (χ3v) is 5.46. The second kappa shape index (κ2) is 7.43. The van der Waals surface area contributed by atoms with Crippen LogP contribution in [0.3, 0.4) is 0 Å². The van der Waals surface area contributed by atoms with Gasteiger partial charge in [0.1, 0.15) is 12.6 Å². The van der Waals surface area contributed by atoms with Gasteiger partial charge in [-0.3, -0.25) is 0 Å². The Labute approximate surface area is 133 Å². The SMILES string of the molecule is C[Si](C)(C)CCOCn1c(CCCCl)nc2ccccc21. The molecule has 1 aromatic carbocycles. The molecule has 1 heterocycles. The van der Waals surface area contributed by atoms with Crippen LogP contribution in [0, 0.1) is 0 Å². The first-order chi connectivity index (χ1) is 10.0. The summed E-state index contributed by atoms with van der Waals surface area (Å²) >= 11 is 5.82. The summed E-state index contributed by atoms with van der Waals surface area (Å²) in [4.78, 5) is 4.71. The van der Waals surface area contributed by atoms with E-state index in [2.05, 4.69) is 36.3 Å². The fraction of sp³-hybridized carbons (Fsp3) is 0.562. The first-order valence-electron chi connectivity index (χ1n) is 7.59. The molecule has 0 atom stereocenters. The maximum Gasteiger partial charge on any atom is 0.124 e. The lowest BCUT2D eigenvalue weighted by Gasteiger charge is -2.16. The molecule has 0 spiro atoms. The number of para-hydroxylation sites is 2. The number of aryl methyl sites for hydroxylation is 1. The number of imidazole rings is 1. The summed E-state index contributed by atoms with van der Waals surface area (Å²) in [7, 11) is -1.03. The van der Waals surface area contributed by atoms with Crippen molar-refractivity contribution in [1.82, 2.24) is 9.55 Å². The zero-order valence-electron chi connectivity index (χ0n) is 13.2. The molecule has 0 bridgehead atoms. The maximum atomic E-state index is 5.91. The minimum absolute atomic E-state index is 0.586. The fourth-order valence-corrected chi connectivity index (χ4v) is 3.11. The third kappa shape index (κ3) is 4.83. The molecule has 3 nitrogen and oxygen atoms in total. The standard InChI is InChI=1S/C16H25ClN2OSi/c1-21(2,3)12-11-20-13-19-15-8-5-4-7-14(15)18-16(19)9-6-10-17/h4-5,7-8H,6,9-13H2,1-3H3. The predicted octanol–water partition coefficient (Wildman–Crippen LogP) is 4.52. The molecule has 0 aliphatic heterocycles. The lowest BCUT2D eigenvalue weighted by atomic mass is 10.3. The third-order valence-electron chi connectivity index (χ3n) is 3.48. The van der Waals surface area contributed by atoms with Crippen molar-refractivity contribution in [3.63, 3.8) is 0 Å². The Bertz CT molecular complexity index is 577. The van der Waals surface area contributed by atoms with Crippen LogP contribution in [0.5, 0.6) is 0 Å². The van der Waals surface area contributed by atoms with Gasteiger partial charge in [0.15, 0.2) is 0 Å². The first-order valence-corrected chi connectivity index (χ1v) is 11.8. The van der Waals surface area contributed by atoms with Crippen LogP contribution in [0.2, 0.25) is 25.7 Å². The second-order valence-electron chi connectivity index (χ2n) is 6.59. The number of rotatable bonds is 8. The smallest absolute Gasteiger partial charge is 0.124 e. The Morgan fingerprint density at radius 2 is 2.00 bits per heavy atom. The number of hydrogen-bond acceptors (Lipinski definition) is 2. The Morgan fingerprint density at radius 1 is 1.24 bits per heavy atom. The van der Waals surface area contributed by atoms with Crippen LogP contribution in [0.1, 0.15) is 12.2 Å². The van der Waals surface area contributed by atoms with E-state index in [1.165, 1.54) is 6.04 Å². The quantitative estimate of drug-likeness (QED) is 0.405. The highest BCUT2D eigenvalue weighted by molar-refractivity contribution is 6.76. The van der Waals surface area contributed by atoms with Gasteiger partial charge in [0.05, 0.1) is 11.0 Å². The molecule has 2 aromatic rings. The van der Waals surface area contributed by atoms with Crippen molar-refractivity contribution in [2.45, 2.75) is 45.3 Å². The normalized spacial score (nSPS) is 12.2. The Balaban J connectivity index is 2.08. The van der Waals surface area contributed by atoms with E-state index >= 15 is 0 Å². The molecule has 0 amide bonds. The van der Waals surface area contributed by atoms with Crippen molar-refractivity contribution in [2.24, 2.45) is 0 Å². The van der Waals surface area contributed by atoms with Crippen LogP contribution < -0.4 is 0 Å². The number of nitrogens with zero attached hydrogens (tertiary/aromatic N) is 2. The number of halogens is 1. The Morgan fingerprint density at radius 3 is 2.71 bits per heavy atom. The van der Waals surface area contributed by atoms with Gasteiger partial charge in [-0.05, 0) is 24.6 Å². The molecule has 0 radical (unpaired) electrons. The molecule has 0 saturated carbocycles. The number of benzene rings is 1. The molecule has 116 valence electrons. The molecular formula is C16H25ClN2OSi. The van der Waals surface area contributed by atoms with Gasteiger partial charge in [-0.2, -0.15) is 0 Å². The summed E-state index contributed by atoms with van der Waals surface area (Å²) in [5.74, 6) is 1.74. The van der Waals surface area contributed by atoms with Gasteiger partial charge in [-0.25, -0.2) is 4.98 Å². The van der Waals surface area contributed by atoms with Crippen molar-refractivity contribution in [3.05, 3.63) is 30.1 Å². The molecule has 0 saturated heterocycles. The van der Waals surface area contributed by atoms with E-state index in [-0.39, 0.29) is 0 Å². The van der Waals surface area contributed by atoms with Crippen LogP contribution in [-0.2, 0) is 17.9 Å². The summed E-state index contributed by atoms with van der Waals surface area (Å²) in [5, 5.41) is 0. The molecule has 0 fully saturated rings. The van der Waals surface area contributed by atoms with Crippen LogP contribution in [0.25, 0.3) is 11.0 Å². The number of ether oxygens (including phenoxy) is 1. The van der Waals surface area contributed by atoms with Gasteiger partial charge in [0, 0.05) is 27.0 Å². The van der Waals surface area contributed by atoms with Crippen molar-refractivity contribution in [1.29, 1.82) is 0 Å². The van der Waals surface area contributed by atoms with E-state index in [4.69, 9.17) is 21.3 Å². The largest absolute Gasteiger partial charge is 0.361 e. The monoisotopic (exact) mass is 324 g/mol. The van der Waals surface area contributed by atoms with Crippen LogP contribution in [0.4, 0.5) is 0 Å². The second-order valence-corrected chi connectivity index (χ2v) is 12.6. The molecule has 0 N–H and O–H groups in total. The molecule has 0 aliphatic carbocycles. The predicted molar refractivity (Wildman–Crippen MR) is 92.9 cm³/mol. The van der Waals surface area contributed by atoms with E-state index < -0.39 is 8.07 Å². The first kappa shape index (κ1) is 16.5. The van der Waals surface area contributed by atoms with Crippen molar-refractivity contribution in [2.75, 3.05) is 12.5 Å². The maximum absolute atomic E-state index is 5.91. The van der Waals surface area contributed by atoms with Crippen LogP contribution in [0.15, 0.2) is 24.3 Å². The van der Waals surface area contributed by atoms with E-state index in [0.29, 0.717) is 12.6 Å². The summed E-state index contributed by atoms with van der Waals surface area (Å²) in [5.41, 5.74) is 2.19. The van der Waals surface area contributed by atoms with Gasteiger partial charge >= 0.3 is 0 Å². The highest BCUT2D eigenvalue weighted by atomic mass is 35.5. The van der Waals surface area contributed by atoms with E-state index in [1.807, 2.05) is 12.1 Å². The van der Waals surface area contributed by atoms with Gasteiger partial charge in [0.2, 0.25) is 0 Å². The zero-order chi connectivity index (χ0) is 15.3. The highest BCUT2D eigenvalue weighted by Crippen LogP contribution is 2.18. The molecule has 21 heavy (non-hydrogen) atoms. The average molecular weight is 325 g/mol. The number of alkyl halides is 1. The number of fused-ring (bicyclic) bond motifs is 1. The molecule has 5 heteroatoms. The molecular weight excluding hydrogens is 300 g/mol. The fourth-order valence-electron chi connectivity index (χ4n) is 2.22. The Hall–Kier alpha value is -0.843. The van der Waals surface area contributed by atoms with Gasteiger partial charge in [-0.1, -0.05) is 31.8 Å². The highest BCUT2D eigenvalue weighted by Gasteiger charge is 2.13. The lowest BCUT2D eigenvalue weighted by molar-refractivity contribution is 0.0879. The number of aromatic nitrogens is 2. The molecule has 0 aliphatic rings. The topological polar surface area (TPSA) is 27.1 Å². The zero-order valence-corrected chi connectivity index (χ0v) is 15.0. The molecule has 2 rings (SSSR count). The van der Waals surface area contributed by atoms with Gasteiger partial charge < -0.3 is 9.30 Å².